The van der Waals surface area contributed by atoms with Gasteiger partial charge in [0.25, 0.3) is 17.1 Å². The van der Waals surface area contributed by atoms with Crippen molar-refractivity contribution in [1.29, 1.82) is 0 Å². The molecular formula is C22H21ClN2O5S. The summed E-state index contributed by atoms with van der Waals surface area (Å²) in [6.07, 6.45) is 1.69. The van der Waals surface area contributed by atoms with Gasteiger partial charge in [0.1, 0.15) is 0 Å². The maximum Gasteiger partial charge on any atom is 0.293 e. The maximum absolute atomic E-state index is 12.6. The van der Waals surface area contributed by atoms with Crippen LogP contribution in [0.1, 0.15) is 21.5 Å². The average Bonchev–Trinajstić information content (AvgIpc) is 3.01. The Kier molecular flexibility index (Phi) is 7.25. The molecule has 1 saturated heterocycles. The van der Waals surface area contributed by atoms with E-state index in [1.807, 2.05) is 31.2 Å². The molecule has 0 radical (unpaired) electrons. The van der Waals surface area contributed by atoms with E-state index in [4.69, 9.17) is 21.1 Å². The van der Waals surface area contributed by atoms with Crippen LogP contribution in [0.5, 0.6) is 11.5 Å². The first-order valence-corrected chi connectivity index (χ1v) is 10.5. The number of carbonyl (C=O) groups is 3. The maximum atomic E-state index is 12.6. The zero-order chi connectivity index (χ0) is 22.5. The fraction of sp³-hybridized carbons (Fsp3) is 0.227. The minimum absolute atomic E-state index is 0.0582. The SMILES string of the molecule is COc1cc(C(=O)NCCN2C(=O)S/C(=C\c3ccc(C)cc3)C2=O)cc(Cl)c1OC. The van der Waals surface area contributed by atoms with E-state index in [2.05, 4.69) is 5.32 Å². The van der Waals surface area contributed by atoms with Gasteiger partial charge in [-0.1, -0.05) is 41.4 Å². The van der Waals surface area contributed by atoms with E-state index in [0.717, 1.165) is 27.8 Å². The van der Waals surface area contributed by atoms with Gasteiger partial charge in [0.05, 0.1) is 24.1 Å². The van der Waals surface area contributed by atoms with Crippen molar-refractivity contribution in [3.8, 4) is 11.5 Å². The Bertz CT molecular complexity index is 1050. The number of benzene rings is 2. The molecule has 0 aliphatic carbocycles. The largest absolute Gasteiger partial charge is 0.493 e. The van der Waals surface area contributed by atoms with Crippen LogP contribution in [-0.4, -0.2) is 49.3 Å². The summed E-state index contributed by atoms with van der Waals surface area (Å²) in [5.74, 6) is -0.129. The Morgan fingerprint density at radius 2 is 1.87 bits per heavy atom. The molecule has 162 valence electrons. The number of nitrogens with zero attached hydrogens (tertiary/aromatic N) is 1. The second-order valence-electron chi connectivity index (χ2n) is 6.69. The number of ether oxygens (including phenoxy) is 2. The van der Waals surface area contributed by atoms with Crippen LogP contribution in [0.25, 0.3) is 6.08 Å². The lowest BCUT2D eigenvalue weighted by Gasteiger charge is -2.14. The lowest BCUT2D eigenvalue weighted by molar-refractivity contribution is -0.122. The highest BCUT2D eigenvalue weighted by Gasteiger charge is 2.34. The summed E-state index contributed by atoms with van der Waals surface area (Å²) < 4.78 is 10.3. The Morgan fingerprint density at radius 3 is 2.52 bits per heavy atom. The molecule has 2 aromatic carbocycles. The first-order chi connectivity index (χ1) is 14.8. The van der Waals surface area contributed by atoms with E-state index in [1.54, 1.807) is 6.08 Å². The minimum atomic E-state index is -0.412. The first kappa shape index (κ1) is 22.7. The molecule has 7 nitrogen and oxygen atoms in total. The molecule has 1 N–H and O–H groups in total. The van der Waals surface area contributed by atoms with Crippen LogP contribution in [0.2, 0.25) is 5.02 Å². The minimum Gasteiger partial charge on any atom is -0.493 e. The zero-order valence-corrected chi connectivity index (χ0v) is 18.8. The zero-order valence-electron chi connectivity index (χ0n) is 17.2. The summed E-state index contributed by atoms with van der Waals surface area (Å²) in [5, 5.41) is 2.55. The molecule has 1 aliphatic heterocycles. The van der Waals surface area contributed by atoms with Crippen LogP contribution in [0.3, 0.4) is 0 Å². The van der Waals surface area contributed by atoms with Gasteiger partial charge in [-0.15, -0.1) is 0 Å². The molecule has 0 unspecified atom stereocenters. The molecule has 0 aromatic heterocycles. The van der Waals surface area contributed by atoms with Crippen LogP contribution >= 0.6 is 23.4 Å². The standard InChI is InChI=1S/C22H21ClN2O5S/c1-13-4-6-14(7-5-13)10-18-21(27)25(22(28)31-18)9-8-24-20(26)15-11-16(23)19(30-3)17(12-15)29-2/h4-7,10-12H,8-9H2,1-3H3,(H,24,26)/b18-10-. The van der Waals surface area contributed by atoms with Crippen LogP contribution < -0.4 is 14.8 Å². The number of hydrogen-bond acceptors (Lipinski definition) is 6. The van der Waals surface area contributed by atoms with Crippen molar-refractivity contribution in [3.63, 3.8) is 0 Å². The Morgan fingerprint density at radius 1 is 1.16 bits per heavy atom. The van der Waals surface area contributed by atoms with Crippen molar-refractivity contribution in [2.45, 2.75) is 6.92 Å². The Balaban J connectivity index is 1.62. The fourth-order valence-corrected chi connectivity index (χ4v) is 4.09. The van der Waals surface area contributed by atoms with Crippen molar-refractivity contribution < 1.29 is 23.9 Å². The summed E-state index contributed by atoms with van der Waals surface area (Å²) in [7, 11) is 2.90. The monoisotopic (exact) mass is 460 g/mol. The van der Waals surface area contributed by atoms with Crippen LogP contribution in [0, 0.1) is 6.92 Å². The number of halogens is 1. The smallest absolute Gasteiger partial charge is 0.293 e. The summed E-state index contributed by atoms with van der Waals surface area (Å²) >= 11 is 7.02. The number of hydrogen-bond donors (Lipinski definition) is 1. The molecule has 0 saturated carbocycles. The van der Waals surface area contributed by atoms with E-state index in [1.165, 1.54) is 26.4 Å². The molecule has 0 atom stereocenters. The summed E-state index contributed by atoms with van der Waals surface area (Å²) in [4.78, 5) is 38.8. The van der Waals surface area contributed by atoms with Gasteiger partial charge in [-0.2, -0.15) is 0 Å². The predicted molar refractivity (Wildman–Crippen MR) is 121 cm³/mol. The summed E-state index contributed by atoms with van der Waals surface area (Å²) in [5.41, 5.74) is 2.22. The second-order valence-corrected chi connectivity index (χ2v) is 8.09. The van der Waals surface area contributed by atoms with Crippen LogP contribution in [0.15, 0.2) is 41.3 Å². The van der Waals surface area contributed by atoms with E-state index < -0.39 is 5.91 Å². The fourth-order valence-electron chi connectivity index (χ4n) is 2.94. The second kappa shape index (κ2) is 9.89. The summed E-state index contributed by atoms with van der Waals surface area (Å²) in [6, 6.07) is 10.6. The van der Waals surface area contributed by atoms with E-state index in [-0.39, 0.29) is 34.8 Å². The molecule has 9 heteroatoms. The van der Waals surface area contributed by atoms with Crippen molar-refractivity contribution in [1.82, 2.24) is 10.2 Å². The normalized spacial score (nSPS) is 14.8. The number of carbonyl (C=O) groups excluding carboxylic acids is 3. The van der Waals surface area contributed by atoms with E-state index >= 15 is 0 Å². The highest BCUT2D eigenvalue weighted by Crippen LogP contribution is 2.36. The van der Waals surface area contributed by atoms with Crippen molar-refractivity contribution in [2.75, 3.05) is 27.3 Å². The number of imide groups is 1. The highest BCUT2D eigenvalue weighted by atomic mass is 35.5. The van der Waals surface area contributed by atoms with Crippen molar-refractivity contribution >= 4 is 46.5 Å². The van der Waals surface area contributed by atoms with Gasteiger partial charge in [0.15, 0.2) is 11.5 Å². The van der Waals surface area contributed by atoms with Gasteiger partial charge in [0.2, 0.25) is 0 Å². The van der Waals surface area contributed by atoms with Crippen molar-refractivity contribution in [2.24, 2.45) is 0 Å². The number of thioether (sulfide) groups is 1. The Labute approximate surface area is 189 Å². The molecule has 1 heterocycles. The molecule has 2 aromatic rings. The number of nitrogens with one attached hydrogen (secondary N) is 1. The van der Waals surface area contributed by atoms with Crippen LogP contribution in [-0.2, 0) is 4.79 Å². The molecule has 0 bridgehead atoms. The number of amides is 3. The molecule has 3 amide bonds. The first-order valence-electron chi connectivity index (χ1n) is 9.35. The topological polar surface area (TPSA) is 84.9 Å². The van der Waals surface area contributed by atoms with Crippen LogP contribution in [0.4, 0.5) is 4.79 Å². The third kappa shape index (κ3) is 5.21. The third-order valence-corrected chi connectivity index (χ3v) is 5.75. The van der Waals surface area contributed by atoms with Gasteiger partial charge in [0, 0.05) is 18.7 Å². The lowest BCUT2D eigenvalue weighted by Crippen LogP contribution is -2.37. The Hall–Kier alpha value is -2.97. The lowest BCUT2D eigenvalue weighted by atomic mass is 10.1. The quantitative estimate of drug-likeness (QED) is 0.625. The predicted octanol–water partition coefficient (Wildman–Crippen LogP) is 4.13. The molecule has 31 heavy (non-hydrogen) atoms. The van der Waals surface area contributed by atoms with Gasteiger partial charge >= 0.3 is 0 Å². The average molecular weight is 461 g/mol. The molecule has 0 spiro atoms. The van der Waals surface area contributed by atoms with Gasteiger partial charge in [-0.3, -0.25) is 19.3 Å². The van der Waals surface area contributed by atoms with E-state index in [0.29, 0.717) is 16.4 Å². The van der Waals surface area contributed by atoms with E-state index in [9.17, 15) is 14.4 Å². The number of methoxy groups -OCH3 is 2. The number of aryl methyl sites for hydroxylation is 1. The molecule has 1 fully saturated rings. The molecule has 1 aliphatic rings. The van der Waals surface area contributed by atoms with Gasteiger partial charge in [-0.25, -0.2) is 0 Å². The molecule has 3 rings (SSSR count). The van der Waals surface area contributed by atoms with Crippen molar-refractivity contribution in [3.05, 3.63) is 63.0 Å². The summed E-state index contributed by atoms with van der Waals surface area (Å²) in [6.45, 7) is 2.13. The highest BCUT2D eigenvalue weighted by molar-refractivity contribution is 8.18. The number of rotatable bonds is 7. The molecular weight excluding hydrogens is 440 g/mol. The van der Waals surface area contributed by atoms with Gasteiger partial charge in [-0.05, 0) is 42.5 Å². The third-order valence-electron chi connectivity index (χ3n) is 4.57. The van der Waals surface area contributed by atoms with Gasteiger partial charge < -0.3 is 14.8 Å².